The van der Waals surface area contributed by atoms with Crippen LogP contribution in [-0.2, 0) is 0 Å². The highest BCUT2D eigenvalue weighted by Crippen LogP contribution is 2.41. The van der Waals surface area contributed by atoms with E-state index in [4.69, 9.17) is 0 Å². The number of thioether (sulfide) groups is 1. The highest BCUT2D eigenvalue weighted by Gasteiger charge is 2.40. The van der Waals surface area contributed by atoms with E-state index in [2.05, 4.69) is 35.4 Å². The summed E-state index contributed by atoms with van der Waals surface area (Å²) in [5.41, 5.74) is -0.360. The number of aromatic nitrogens is 2. The first kappa shape index (κ1) is 15.5. The van der Waals surface area contributed by atoms with Crippen molar-refractivity contribution in [2.75, 3.05) is 19.0 Å². The Morgan fingerprint density at radius 3 is 2.80 bits per heavy atom. The van der Waals surface area contributed by atoms with E-state index in [0.717, 1.165) is 28.7 Å². The van der Waals surface area contributed by atoms with E-state index >= 15 is 0 Å². The Balaban J connectivity index is 1.97. The summed E-state index contributed by atoms with van der Waals surface area (Å²) >= 11 is 3.37. The van der Waals surface area contributed by atoms with Crippen LogP contribution in [0.25, 0.3) is 0 Å². The fourth-order valence-corrected chi connectivity index (χ4v) is 4.79. The van der Waals surface area contributed by atoms with E-state index in [1.165, 1.54) is 0 Å². The largest absolute Gasteiger partial charge is 0.353 e. The average molecular weight is 311 g/mol. The van der Waals surface area contributed by atoms with Gasteiger partial charge in [-0.25, -0.2) is 0 Å². The fourth-order valence-electron chi connectivity index (χ4n) is 2.49. The molecule has 1 aliphatic carbocycles. The second-order valence-corrected chi connectivity index (χ2v) is 8.22. The van der Waals surface area contributed by atoms with Crippen molar-refractivity contribution in [3.63, 3.8) is 0 Å². The molecule has 20 heavy (non-hydrogen) atoms. The Labute approximate surface area is 128 Å². The minimum Gasteiger partial charge on any atom is -0.353 e. The zero-order valence-electron chi connectivity index (χ0n) is 12.4. The molecule has 2 atom stereocenters. The van der Waals surface area contributed by atoms with Crippen LogP contribution in [0.15, 0.2) is 4.34 Å². The van der Waals surface area contributed by atoms with Crippen molar-refractivity contribution in [1.29, 1.82) is 5.26 Å². The van der Waals surface area contributed by atoms with Gasteiger partial charge in [-0.15, -0.1) is 10.2 Å². The number of nitriles is 1. The highest BCUT2D eigenvalue weighted by atomic mass is 32.2. The molecule has 7 heteroatoms. The summed E-state index contributed by atoms with van der Waals surface area (Å²) in [4.78, 5) is 1.97. The number of rotatable bonds is 5. The molecule has 0 aliphatic heterocycles. The normalized spacial score (nSPS) is 25.9. The third-order valence-electron chi connectivity index (χ3n) is 3.29. The molecule has 1 N–H and O–H groups in total. The van der Waals surface area contributed by atoms with E-state index < -0.39 is 0 Å². The lowest BCUT2D eigenvalue weighted by atomic mass is 9.99. The average Bonchev–Trinajstić information content (AvgIpc) is 2.97. The van der Waals surface area contributed by atoms with Crippen molar-refractivity contribution in [2.24, 2.45) is 0 Å². The number of hydrogen-bond donors (Lipinski definition) is 1. The minimum absolute atomic E-state index is 0.334. The van der Waals surface area contributed by atoms with E-state index in [1.54, 1.807) is 23.1 Å². The van der Waals surface area contributed by atoms with E-state index in [1.807, 2.05) is 19.0 Å². The molecule has 1 aliphatic rings. The van der Waals surface area contributed by atoms with Gasteiger partial charge in [0.25, 0.3) is 0 Å². The molecule has 2 unspecified atom stereocenters. The number of nitrogens with one attached hydrogen (secondary N) is 1. The summed E-state index contributed by atoms with van der Waals surface area (Å²) in [6.07, 6.45) is 2.84. The molecule has 0 bridgehead atoms. The molecule has 1 heterocycles. The molecule has 0 spiro atoms. The van der Waals surface area contributed by atoms with Crippen molar-refractivity contribution in [2.45, 2.75) is 54.3 Å². The lowest BCUT2D eigenvalue weighted by Crippen LogP contribution is -2.45. The van der Waals surface area contributed by atoms with Crippen molar-refractivity contribution in [3.8, 4) is 6.07 Å². The Hall–Kier alpha value is -0.840. The van der Waals surface area contributed by atoms with Crippen LogP contribution in [0.3, 0.4) is 0 Å². The molecule has 1 saturated carbocycles. The predicted octanol–water partition coefficient (Wildman–Crippen LogP) is 2.51. The summed E-state index contributed by atoms with van der Waals surface area (Å²) in [7, 11) is 3.94. The predicted molar refractivity (Wildman–Crippen MR) is 84.3 cm³/mol. The molecule has 0 amide bonds. The molecule has 2 rings (SSSR count). The molecule has 1 fully saturated rings. The van der Waals surface area contributed by atoms with Crippen LogP contribution in [-0.4, -0.2) is 41.1 Å². The highest BCUT2D eigenvalue weighted by molar-refractivity contribution is 8.01. The van der Waals surface area contributed by atoms with Gasteiger partial charge in [0.15, 0.2) is 4.34 Å². The third kappa shape index (κ3) is 3.62. The number of anilines is 1. The summed E-state index contributed by atoms with van der Waals surface area (Å²) in [5.74, 6) is 0. The lowest BCUT2D eigenvalue weighted by Gasteiger charge is -2.25. The van der Waals surface area contributed by atoms with Crippen molar-refractivity contribution in [1.82, 2.24) is 15.5 Å². The van der Waals surface area contributed by atoms with Gasteiger partial charge in [0.2, 0.25) is 5.13 Å². The summed E-state index contributed by atoms with van der Waals surface area (Å²) in [6.45, 7) is 4.18. The van der Waals surface area contributed by atoms with Crippen LogP contribution in [0, 0.1) is 11.3 Å². The van der Waals surface area contributed by atoms with Crippen molar-refractivity contribution >= 4 is 28.2 Å². The first-order valence-corrected chi connectivity index (χ1v) is 8.50. The van der Waals surface area contributed by atoms with Crippen molar-refractivity contribution < 1.29 is 0 Å². The van der Waals surface area contributed by atoms with Crippen LogP contribution >= 0.6 is 23.1 Å². The molecular formula is C13H21N5S2. The maximum atomic E-state index is 9.47. The van der Waals surface area contributed by atoms with Gasteiger partial charge in [-0.3, -0.25) is 5.32 Å². The van der Waals surface area contributed by atoms with Gasteiger partial charge >= 0.3 is 0 Å². The van der Waals surface area contributed by atoms with E-state index in [0.29, 0.717) is 11.3 Å². The van der Waals surface area contributed by atoms with Gasteiger partial charge in [-0.05, 0) is 33.1 Å². The van der Waals surface area contributed by atoms with E-state index in [-0.39, 0.29) is 5.54 Å². The van der Waals surface area contributed by atoms with Gasteiger partial charge < -0.3 is 4.90 Å². The van der Waals surface area contributed by atoms with Crippen LogP contribution in [0.2, 0.25) is 0 Å². The third-order valence-corrected chi connectivity index (χ3v) is 5.74. The standard InChI is InChI=1S/C13H21N5S2/c1-9(2)15-13(8-14)6-5-10(7-13)19-12-17-16-11(20-12)18(3)4/h9-10,15H,5-7H2,1-4H3. The SMILES string of the molecule is CC(C)NC1(C#N)CCC(Sc2nnc(N(C)C)s2)C1. The number of hydrogen-bond acceptors (Lipinski definition) is 7. The Kier molecular flexibility index (Phi) is 4.89. The molecular weight excluding hydrogens is 290 g/mol. The van der Waals surface area contributed by atoms with Crippen LogP contribution in [0.5, 0.6) is 0 Å². The van der Waals surface area contributed by atoms with Crippen LogP contribution in [0.1, 0.15) is 33.1 Å². The van der Waals surface area contributed by atoms with Gasteiger partial charge in [0, 0.05) is 25.4 Å². The molecule has 0 radical (unpaired) electrons. The summed E-state index contributed by atoms with van der Waals surface area (Å²) < 4.78 is 0.997. The van der Waals surface area contributed by atoms with Gasteiger partial charge in [-0.1, -0.05) is 23.1 Å². The smallest absolute Gasteiger partial charge is 0.208 e. The quantitative estimate of drug-likeness (QED) is 0.901. The zero-order valence-corrected chi connectivity index (χ0v) is 14.0. The second-order valence-electron chi connectivity index (χ2n) is 5.72. The molecule has 110 valence electrons. The Morgan fingerprint density at radius 1 is 1.50 bits per heavy atom. The second kappa shape index (κ2) is 6.29. The van der Waals surface area contributed by atoms with Crippen LogP contribution in [0.4, 0.5) is 5.13 Å². The number of nitrogens with zero attached hydrogens (tertiary/aromatic N) is 4. The molecule has 1 aromatic heterocycles. The molecule has 5 nitrogen and oxygen atoms in total. The lowest BCUT2D eigenvalue weighted by molar-refractivity contribution is 0.386. The molecule has 0 aromatic carbocycles. The Bertz CT molecular complexity index is 493. The summed E-state index contributed by atoms with van der Waals surface area (Å²) in [6, 6.07) is 2.82. The minimum atomic E-state index is -0.360. The monoisotopic (exact) mass is 311 g/mol. The fraction of sp³-hybridized carbons (Fsp3) is 0.769. The van der Waals surface area contributed by atoms with E-state index in [9.17, 15) is 5.26 Å². The summed E-state index contributed by atoms with van der Waals surface area (Å²) in [5, 5.41) is 22.7. The molecule has 0 saturated heterocycles. The molecule has 1 aromatic rings. The van der Waals surface area contributed by atoms with Crippen LogP contribution < -0.4 is 10.2 Å². The zero-order chi connectivity index (χ0) is 14.8. The maximum absolute atomic E-state index is 9.47. The van der Waals surface area contributed by atoms with Gasteiger partial charge in [0.1, 0.15) is 5.54 Å². The van der Waals surface area contributed by atoms with Gasteiger partial charge in [-0.2, -0.15) is 5.26 Å². The first-order chi connectivity index (χ1) is 9.44. The Morgan fingerprint density at radius 2 is 2.25 bits per heavy atom. The maximum Gasteiger partial charge on any atom is 0.208 e. The van der Waals surface area contributed by atoms with Crippen molar-refractivity contribution in [3.05, 3.63) is 0 Å². The first-order valence-electron chi connectivity index (χ1n) is 6.80. The van der Waals surface area contributed by atoms with Gasteiger partial charge in [0.05, 0.1) is 6.07 Å². The topological polar surface area (TPSA) is 64.8 Å².